The molecule has 0 aliphatic carbocycles. The first-order valence-corrected chi connectivity index (χ1v) is 3.71. The van der Waals surface area contributed by atoms with Crippen molar-refractivity contribution < 1.29 is 9.53 Å². The van der Waals surface area contributed by atoms with Crippen LogP contribution in [-0.4, -0.2) is 18.2 Å². The molecule has 1 fully saturated rings. The Labute approximate surface area is 66.4 Å². The van der Waals surface area contributed by atoms with E-state index in [1.165, 1.54) is 0 Å². The normalized spacial score (nSPS) is 31.1. The number of alkyl carbamates (subject to hydrolysis) is 1. The van der Waals surface area contributed by atoms with E-state index < -0.39 is 0 Å². The molecule has 0 aromatic rings. The monoisotopic (exact) mass is 155 g/mol. The van der Waals surface area contributed by atoms with E-state index in [9.17, 15) is 4.79 Å². The zero-order valence-corrected chi connectivity index (χ0v) is 6.94. The van der Waals surface area contributed by atoms with E-state index in [1.54, 1.807) is 0 Å². The van der Waals surface area contributed by atoms with Gasteiger partial charge in [0.2, 0.25) is 0 Å². The third-order valence-electron chi connectivity index (χ3n) is 2.24. The summed E-state index contributed by atoms with van der Waals surface area (Å²) in [5.41, 5.74) is 0.662. The topological polar surface area (TPSA) is 38.3 Å². The minimum Gasteiger partial charge on any atom is -0.445 e. The smallest absolute Gasteiger partial charge is 0.408 e. The second kappa shape index (κ2) is 2.57. The molecule has 1 rings (SSSR count). The van der Waals surface area contributed by atoms with Gasteiger partial charge in [-0.1, -0.05) is 13.5 Å². The quantitative estimate of drug-likeness (QED) is 0.582. The summed E-state index contributed by atoms with van der Waals surface area (Å²) in [4.78, 5) is 10.8. The Bertz CT molecular complexity index is 200. The van der Waals surface area contributed by atoms with Gasteiger partial charge in [-0.25, -0.2) is 4.79 Å². The number of amides is 1. The number of rotatable bonds is 1. The van der Waals surface area contributed by atoms with Crippen molar-refractivity contribution >= 4 is 6.09 Å². The first-order chi connectivity index (χ1) is 5.08. The zero-order chi connectivity index (χ0) is 8.48. The SMILES string of the molecule is C=C1COC(=O)NC1(C)CC. The van der Waals surface area contributed by atoms with Crippen LogP contribution in [0.2, 0.25) is 0 Å². The van der Waals surface area contributed by atoms with E-state index in [0.29, 0.717) is 6.61 Å². The molecule has 1 aliphatic rings. The predicted octanol–water partition coefficient (Wildman–Crippen LogP) is 1.45. The fourth-order valence-corrected chi connectivity index (χ4v) is 1.00. The summed E-state index contributed by atoms with van der Waals surface area (Å²) in [5.74, 6) is 0. The molecule has 0 bridgehead atoms. The molecule has 0 saturated carbocycles. The van der Waals surface area contributed by atoms with Crippen molar-refractivity contribution in [1.82, 2.24) is 5.32 Å². The van der Waals surface area contributed by atoms with E-state index in [2.05, 4.69) is 11.9 Å². The van der Waals surface area contributed by atoms with Gasteiger partial charge in [-0.2, -0.15) is 0 Å². The molecule has 3 heteroatoms. The lowest BCUT2D eigenvalue weighted by molar-refractivity contribution is 0.122. The average Bonchev–Trinajstić information content (AvgIpc) is 1.98. The van der Waals surface area contributed by atoms with E-state index in [-0.39, 0.29) is 11.6 Å². The largest absolute Gasteiger partial charge is 0.445 e. The van der Waals surface area contributed by atoms with Crippen molar-refractivity contribution in [2.24, 2.45) is 0 Å². The molecule has 0 aromatic carbocycles. The van der Waals surface area contributed by atoms with Gasteiger partial charge in [-0.15, -0.1) is 0 Å². The van der Waals surface area contributed by atoms with Gasteiger partial charge in [0.25, 0.3) is 0 Å². The van der Waals surface area contributed by atoms with Crippen LogP contribution in [-0.2, 0) is 4.74 Å². The average molecular weight is 155 g/mol. The second-order valence-corrected chi connectivity index (χ2v) is 2.99. The van der Waals surface area contributed by atoms with Crippen LogP contribution >= 0.6 is 0 Å². The summed E-state index contributed by atoms with van der Waals surface area (Å²) in [6.07, 6.45) is 0.503. The molecule has 3 nitrogen and oxygen atoms in total. The standard InChI is InChI=1S/C8H13NO2/c1-4-8(3)6(2)5-11-7(10)9-8/h2,4-5H2,1,3H3,(H,9,10). The molecule has 1 saturated heterocycles. The van der Waals surface area contributed by atoms with Gasteiger partial charge in [0.05, 0.1) is 5.54 Å². The number of carbonyl (C=O) groups is 1. The Kier molecular flexibility index (Phi) is 1.89. The van der Waals surface area contributed by atoms with Gasteiger partial charge in [0.15, 0.2) is 0 Å². The Morgan fingerprint density at radius 3 is 2.91 bits per heavy atom. The number of hydrogen-bond donors (Lipinski definition) is 1. The molecule has 0 aromatic heterocycles. The lowest BCUT2D eigenvalue weighted by Crippen LogP contribution is -2.52. The molecule has 1 aliphatic heterocycles. The Balaban J connectivity index is 2.76. The highest BCUT2D eigenvalue weighted by atomic mass is 16.6. The van der Waals surface area contributed by atoms with Gasteiger partial charge in [-0.05, 0) is 18.9 Å². The maximum atomic E-state index is 10.8. The van der Waals surface area contributed by atoms with Crippen LogP contribution in [0.4, 0.5) is 4.79 Å². The van der Waals surface area contributed by atoms with Crippen molar-refractivity contribution in [2.45, 2.75) is 25.8 Å². The number of hydrogen-bond acceptors (Lipinski definition) is 2. The lowest BCUT2D eigenvalue weighted by Gasteiger charge is -2.35. The van der Waals surface area contributed by atoms with E-state index in [0.717, 1.165) is 12.0 Å². The molecule has 0 radical (unpaired) electrons. The molecule has 1 unspecified atom stereocenters. The molecule has 1 N–H and O–H groups in total. The highest BCUT2D eigenvalue weighted by molar-refractivity contribution is 5.70. The lowest BCUT2D eigenvalue weighted by atomic mass is 9.90. The Morgan fingerprint density at radius 1 is 1.82 bits per heavy atom. The molecule has 11 heavy (non-hydrogen) atoms. The third kappa shape index (κ3) is 1.37. The zero-order valence-electron chi connectivity index (χ0n) is 6.94. The van der Waals surface area contributed by atoms with Crippen molar-refractivity contribution in [2.75, 3.05) is 6.61 Å². The maximum Gasteiger partial charge on any atom is 0.408 e. The molecule has 1 amide bonds. The summed E-state index contributed by atoms with van der Waals surface area (Å²) in [6.45, 7) is 8.14. The van der Waals surface area contributed by atoms with Gasteiger partial charge in [0.1, 0.15) is 6.61 Å². The molecule has 1 atom stereocenters. The number of cyclic esters (lactones) is 1. The highest BCUT2D eigenvalue weighted by Crippen LogP contribution is 2.22. The van der Waals surface area contributed by atoms with Crippen LogP contribution in [0.25, 0.3) is 0 Å². The van der Waals surface area contributed by atoms with Gasteiger partial charge < -0.3 is 10.1 Å². The van der Waals surface area contributed by atoms with Crippen molar-refractivity contribution in [3.8, 4) is 0 Å². The van der Waals surface area contributed by atoms with Crippen molar-refractivity contribution in [3.05, 3.63) is 12.2 Å². The first-order valence-electron chi connectivity index (χ1n) is 3.71. The predicted molar refractivity (Wildman–Crippen MR) is 42.3 cm³/mol. The summed E-state index contributed by atoms with van der Waals surface area (Å²) in [7, 11) is 0. The molecule has 0 spiro atoms. The van der Waals surface area contributed by atoms with Crippen LogP contribution in [0.15, 0.2) is 12.2 Å². The van der Waals surface area contributed by atoms with Crippen LogP contribution < -0.4 is 5.32 Å². The summed E-state index contributed by atoms with van der Waals surface area (Å²) in [5, 5.41) is 2.73. The fraction of sp³-hybridized carbons (Fsp3) is 0.625. The van der Waals surface area contributed by atoms with Crippen LogP contribution in [0.5, 0.6) is 0 Å². The van der Waals surface area contributed by atoms with E-state index >= 15 is 0 Å². The number of nitrogens with one attached hydrogen (secondary N) is 1. The van der Waals surface area contributed by atoms with Crippen LogP contribution in [0.3, 0.4) is 0 Å². The summed E-state index contributed by atoms with van der Waals surface area (Å²) >= 11 is 0. The Morgan fingerprint density at radius 2 is 2.45 bits per heavy atom. The minimum absolute atomic E-state index is 0.269. The molecular formula is C8H13NO2. The van der Waals surface area contributed by atoms with E-state index in [4.69, 9.17) is 4.74 Å². The van der Waals surface area contributed by atoms with Gasteiger partial charge in [-0.3, -0.25) is 0 Å². The van der Waals surface area contributed by atoms with Crippen molar-refractivity contribution in [1.29, 1.82) is 0 Å². The number of ether oxygens (including phenoxy) is 1. The Hall–Kier alpha value is -0.990. The molecule has 62 valence electrons. The van der Waals surface area contributed by atoms with E-state index in [1.807, 2.05) is 13.8 Å². The minimum atomic E-state index is -0.346. The number of carbonyl (C=O) groups excluding carboxylic acids is 1. The fourth-order valence-electron chi connectivity index (χ4n) is 1.00. The summed E-state index contributed by atoms with van der Waals surface area (Å²) in [6, 6.07) is 0. The van der Waals surface area contributed by atoms with Crippen LogP contribution in [0.1, 0.15) is 20.3 Å². The molecular weight excluding hydrogens is 142 g/mol. The summed E-state index contributed by atoms with van der Waals surface area (Å²) < 4.78 is 4.74. The van der Waals surface area contributed by atoms with Crippen LogP contribution in [0, 0.1) is 0 Å². The molecule has 1 heterocycles. The van der Waals surface area contributed by atoms with Gasteiger partial charge in [0, 0.05) is 0 Å². The van der Waals surface area contributed by atoms with Crippen molar-refractivity contribution in [3.63, 3.8) is 0 Å². The third-order valence-corrected chi connectivity index (χ3v) is 2.24. The maximum absolute atomic E-state index is 10.8. The highest BCUT2D eigenvalue weighted by Gasteiger charge is 2.32. The second-order valence-electron chi connectivity index (χ2n) is 2.99. The van der Waals surface area contributed by atoms with Gasteiger partial charge >= 0.3 is 6.09 Å². The first kappa shape index (κ1) is 8.11.